The third-order valence-electron chi connectivity index (χ3n) is 3.26. The van der Waals surface area contributed by atoms with Crippen LogP contribution in [-0.2, 0) is 14.9 Å². The summed E-state index contributed by atoms with van der Waals surface area (Å²) in [5.74, 6) is 0.160. The minimum atomic E-state index is -4.49. The van der Waals surface area contributed by atoms with E-state index in [1.165, 1.54) is 32.4 Å². The number of halogens is 1. The molecule has 4 N–H and O–H groups in total. The summed E-state index contributed by atoms with van der Waals surface area (Å²) in [5, 5.41) is 2.15. The summed E-state index contributed by atoms with van der Waals surface area (Å²) in [5.41, 5.74) is 0. The highest BCUT2D eigenvalue weighted by Crippen LogP contribution is 2.33. The van der Waals surface area contributed by atoms with Gasteiger partial charge in [0.25, 0.3) is 0 Å². The van der Waals surface area contributed by atoms with Crippen molar-refractivity contribution in [2.24, 2.45) is 0 Å². The van der Waals surface area contributed by atoms with E-state index in [1.807, 2.05) is 0 Å². The molecule has 1 heterocycles. The van der Waals surface area contributed by atoms with Crippen molar-refractivity contribution in [3.05, 3.63) is 30.3 Å². The second kappa shape index (κ2) is 13.8. The number of para-hydroxylation sites is 2. The Morgan fingerprint density at radius 3 is 2.12 bits per heavy atom. The van der Waals surface area contributed by atoms with Crippen LogP contribution in [0.4, 0.5) is 10.7 Å². The van der Waals surface area contributed by atoms with Gasteiger partial charge >= 0.3 is 23.9 Å². The maximum absolute atomic E-state index is 12.1. The van der Waals surface area contributed by atoms with Crippen molar-refractivity contribution in [1.82, 2.24) is 14.7 Å². The molecular weight excluding hydrogens is 519 g/mol. The van der Waals surface area contributed by atoms with Crippen LogP contribution >= 0.6 is 19.2 Å². The van der Waals surface area contributed by atoms with Gasteiger partial charge in [-0.05, 0) is 19.1 Å². The van der Waals surface area contributed by atoms with Crippen LogP contribution in [0.3, 0.4) is 0 Å². The average molecular weight is 543 g/mol. The SMILES string of the molecule is CCOc1ccccc1OS(=O)(=O)NC(=O)Nc1nc(OC)cc(OC)n1.O=P(O)(O)CCCl. The summed E-state index contributed by atoms with van der Waals surface area (Å²) in [6.45, 7) is 2.04. The zero-order valence-electron chi connectivity index (χ0n) is 18.3. The van der Waals surface area contributed by atoms with E-state index in [9.17, 15) is 17.8 Å². The molecule has 0 unspecified atom stereocenters. The molecule has 0 saturated carbocycles. The van der Waals surface area contributed by atoms with Crippen LogP contribution in [-0.4, -0.2) is 67.1 Å². The highest BCUT2D eigenvalue weighted by molar-refractivity contribution is 7.85. The van der Waals surface area contributed by atoms with Gasteiger partial charge in [-0.1, -0.05) is 12.1 Å². The van der Waals surface area contributed by atoms with Crippen LogP contribution in [0.25, 0.3) is 0 Å². The Hall–Kier alpha value is -2.84. The summed E-state index contributed by atoms with van der Waals surface area (Å²) in [4.78, 5) is 35.7. The Bertz CT molecular complexity index is 1080. The van der Waals surface area contributed by atoms with Crippen molar-refractivity contribution in [3.8, 4) is 23.3 Å². The molecule has 14 nitrogen and oxygen atoms in total. The first-order valence-electron chi connectivity index (χ1n) is 9.25. The fourth-order valence-electron chi connectivity index (χ4n) is 1.95. The van der Waals surface area contributed by atoms with E-state index in [2.05, 4.69) is 15.3 Å². The van der Waals surface area contributed by atoms with Gasteiger partial charge in [-0.2, -0.15) is 18.4 Å². The first kappa shape index (κ1) is 29.2. The Morgan fingerprint density at radius 2 is 1.68 bits per heavy atom. The van der Waals surface area contributed by atoms with Gasteiger partial charge in [0.1, 0.15) is 0 Å². The minimum Gasteiger partial charge on any atom is -0.490 e. The van der Waals surface area contributed by atoms with Gasteiger partial charge in [0, 0.05) is 5.88 Å². The standard InChI is InChI=1S/C15H18N4O7S.C2H6ClO3P/c1-4-25-10-7-5-6-8-11(10)26-27(21,22)19-15(20)18-14-16-12(23-2)9-13(17-14)24-3;3-1-2-7(4,5)6/h5-9H,4H2,1-3H3,(H2,16,17,18,19,20);1-2H2,(H2,4,5,6). The highest BCUT2D eigenvalue weighted by Gasteiger charge is 2.20. The van der Waals surface area contributed by atoms with Crippen LogP contribution in [0.2, 0.25) is 0 Å². The van der Waals surface area contributed by atoms with E-state index in [1.54, 1.807) is 23.8 Å². The lowest BCUT2D eigenvalue weighted by molar-refractivity contribution is 0.255. The maximum atomic E-state index is 12.1. The third-order valence-corrected chi connectivity index (χ3v) is 5.36. The van der Waals surface area contributed by atoms with Crippen LogP contribution in [0.5, 0.6) is 23.3 Å². The number of urea groups is 1. The molecule has 0 aliphatic carbocycles. The topological polar surface area (TPSA) is 195 Å². The molecule has 2 rings (SSSR count). The fourth-order valence-corrected chi connectivity index (χ4v) is 3.53. The number of rotatable bonds is 10. The minimum absolute atomic E-state index is 0.0181. The van der Waals surface area contributed by atoms with Gasteiger partial charge < -0.3 is 28.2 Å². The number of hydrogen-bond donors (Lipinski definition) is 4. The van der Waals surface area contributed by atoms with Crippen LogP contribution in [0, 0.1) is 0 Å². The quantitative estimate of drug-likeness (QED) is 0.251. The van der Waals surface area contributed by atoms with Gasteiger partial charge in [0.05, 0.1) is 33.1 Å². The van der Waals surface area contributed by atoms with E-state index >= 15 is 0 Å². The molecule has 1 aromatic carbocycles. The molecule has 190 valence electrons. The fraction of sp³-hybridized carbons (Fsp3) is 0.353. The van der Waals surface area contributed by atoms with Crippen molar-refractivity contribution in [1.29, 1.82) is 0 Å². The Labute approximate surface area is 201 Å². The molecule has 0 bridgehead atoms. The number of hydrogen-bond acceptors (Lipinski definition) is 10. The molecule has 0 fully saturated rings. The molecule has 0 spiro atoms. The molecule has 17 heteroatoms. The summed E-state index contributed by atoms with van der Waals surface area (Å²) >= 11 is 4.99. The molecule has 0 radical (unpaired) electrons. The number of anilines is 1. The third kappa shape index (κ3) is 11.3. The van der Waals surface area contributed by atoms with E-state index in [-0.39, 0.29) is 41.2 Å². The highest BCUT2D eigenvalue weighted by atomic mass is 35.5. The summed E-state index contributed by atoms with van der Waals surface area (Å²) in [6, 6.07) is 6.37. The Balaban J connectivity index is 0.000000718. The molecular formula is C17H24ClN4O10PS. The predicted molar refractivity (Wildman–Crippen MR) is 122 cm³/mol. The van der Waals surface area contributed by atoms with E-state index in [4.69, 9.17) is 39.8 Å². The lowest BCUT2D eigenvalue weighted by atomic mass is 10.3. The lowest BCUT2D eigenvalue weighted by Gasteiger charge is -2.12. The number of amides is 2. The number of carbonyl (C=O) groups excluding carboxylic acids is 1. The van der Waals surface area contributed by atoms with Crippen LogP contribution < -0.4 is 28.4 Å². The first-order valence-corrected chi connectivity index (χ1v) is 13.0. The number of nitrogens with one attached hydrogen (secondary N) is 2. The normalized spacial score (nSPS) is 10.9. The molecule has 2 amide bonds. The van der Waals surface area contributed by atoms with Gasteiger partial charge in [0.15, 0.2) is 11.5 Å². The maximum Gasteiger partial charge on any atom is 0.411 e. The molecule has 0 aliphatic rings. The van der Waals surface area contributed by atoms with Crippen molar-refractivity contribution >= 4 is 41.5 Å². The van der Waals surface area contributed by atoms with E-state index < -0.39 is 23.9 Å². The van der Waals surface area contributed by atoms with Crippen molar-refractivity contribution in [2.75, 3.05) is 38.2 Å². The van der Waals surface area contributed by atoms with Crippen molar-refractivity contribution < 1.29 is 46.0 Å². The average Bonchev–Trinajstić information content (AvgIpc) is 2.73. The Kier molecular flexibility index (Phi) is 11.8. The van der Waals surface area contributed by atoms with Crippen LogP contribution in [0.1, 0.15) is 6.92 Å². The van der Waals surface area contributed by atoms with Crippen LogP contribution in [0.15, 0.2) is 30.3 Å². The summed E-state index contributed by atoms with van der Waals surface area (Å²) in [6.07, 6.45) is -0.228. The smallest absolute Gasteiger partial charge is 0.411 e. The number of alkyl halides is 1. The molecule has 34 heavy (non-hydrogen) atoms. The van der Waals surface area contributed by atoms with E-state index in [0.717, 1.165) is 0 Å². The monoisotopic (exact) mass is 542 g/mol. The Morgan fingerprint density at radius 1 is 1.12 bits per heavy atom. The number of carbonyl (C=O) groups is 1. The number of ether oxygens (including phenoxy) is 3. The number of methoxy groups -OCH3 is 2. The van der Waals surface area contributed by atoms with Gasteiger partial charge in [-0.25, -0.2) is 9.52 Å². The largest absolute Gasteiger partial charge is 0.490 e. The molecule has 1 aromatic heterocycles. The summed E-state index contributed by atoms with van der Waals surface area (Å²) < 4.78 is 55.7. The second-order valence-corrected chi connectivity index (χ2v) is 9.26. The van der Waals surface area contributed by atoms with Gasteiger partial charge in [0.2, 0.25) is 17.7 Å². The zero-order chi connectivity index (χ0) is 25.8. The summed E-state index contributed by atoms with van der Waals surface area (Å²) in [7, 11) is -5.56. The van der Waals surface area contributed by atoms with Crippen molar-refractivity contribution in [2.45, 2.75) is 6.92 Å². The first-order chi connectivity index (χ1) is 15.9. The molecule has 0 aliphatic heterocycles. The van der Waals surface area contributed by atoms with E-state index in [0.29, 0.717) is 6.61 Å². The molecule has 0 atom stereocenters. The lowest BCUT2D eigenvalue weighted by Crippen LogP contribution is -2.37. The van der Waals surface area contributed by atoms with Crippen molar-refractivity contribution in [3.63, 3.8) is 0 Å². The van der Waals surface area contributed by atoms with Gasteiger partial charge in [-0.15, -0.1) is 11.6 Å². The predicted octanol–water partition coefficient (Wildman–Crippen LogP) is 1.74. The number of nitrogens with zero attached hydrogens (tertiary/aromatic N) is 2. The molecule has 0 saturated heterocycles. The number of aromatic nitrogens is 2. The zero-order valence-corrected chi connectivity index (χ0v) is 20.8. The van der Waals surface area contributed by atoms with Gasteiger partial charge in [-0.3, -0.25) is 9.88 Å². The second-order valence-electron chi connectivity index (χ2n) is 5.83. The molecule has 2 aromatic rings. The number of benzene rings is 1.